The van der Waals surface area contributed by atoms with Crippen molar-refractivity contribution in [3.05, 3.63) is 64.2 Å². The molecule has 0 fully saturated rings. The molecule has 29 heavy (non-hydrogen) atoms. The molecule has 1 atom stereocenters. The van der Waals surface area contributed by atoms with E-state index in [9.17, 15) is 9.59 Å². The Morgan fingerprint density at radius 3 is 2.48 bits per heavy atom. The smallest absolute Gasteiger partial charge is 0.365 e. The normalized spacial score (nSPS) is 11.6. The molecule has 1 amide bonds. The predicted octanol–water partition coefficient (Wildman–Crippen LogP) is 3.18. The third-order valence-corrected chi connectivity index (χ3v) is 4.50. The number of rotatable bonds is 6. The zero-order valence-electron chi connectivity index (χ0n) is 16.0. The van der Waals surface area contributed by atoms with Gasteiger partial charge in [-0.25, -0.2) is 9.48 Å². The van der Waals surface area contributed by atoms with Gasteiger partial charge in [-0.3, -0.25) is 4.79 Å². The second-order valence-electron chi connectivity index (χ2n) is 6.11. The van der Waals surface area contributed by atoms with E-state index in [1.165, 1.54) is 13.3 Å². The van der Waals surface area contributed by atoms with Crippen LogP contribution in [0.5, 0.6) is 11.5 Å². The fraction of sp³-hybridized carbons (Fsp3) is 0.200. The van der Waals surface area contributed by atoms with Crippen LogP contribution in [-0.2, 0) is 4.79 Å². The van der Waals surface area contributed by atoms with Gasteiger partial charge in [0.2, 0.25) is 5.91 Å². The molecule has 0 aliphatic heterocycles. The topological polar surface area (TPSA) is 95.3 Å². The SMILES string of the molecule is COc1ccc(-c2cnn([C@@H](C)C(=O)Nc3cc(Cl)ccc3OC)c(=O)n2)cc1. The molecule has 3 aromatic rings. The lowest BCUT2D eigenvalue weighted by molar-refractivity contribution is -0.119. The Labute approximate surface area is 172 Å². The summed E-state index contributed by atoms with van der Waals surface area (Å²) in [6, 6.07) is 11.0. The van der Waals surface area contributed by atoms with Crippen LogP contribution < -0.4 is 20.5 Å². The number of carbonyl (C=O) groups excluding carboxylic acids is 1. The highest BCUT2D eigenvalue weighted by Gasteiger charge is 2.20. The molecule has 0 unspecified atom stereocenters. The molecule has 9 heteroatoms. The van der Waals surface area contributed by atoms with Crippen molar-refractivity contribution in [2.24, 2.45) is 0 Å². The molecule has 1 heterocycles. The average Bonchev–Trinajstić information content (AvgIpc) is 2.73. The summed E-state index contributed by atoms with van der Waals surface area (Å²) in [5.74, 6) is 0.680. The first-order chi connectivity index (χ1) is 13.9. The van der Waals surface area contributed by atoms with Crippen LogP contribution in [0.2, 0.25) is 5.02 Å². The van der Waals surface area contributed by atoms with E-state index < -0.39 is 17.6 Å². The molecule has 0 radical (unpaired) electrons. The van der Waals surface area contributed by atoms with Crippen molar-refractivity contribution >= 4 is 23.2 Å². The van der Waals surface area contributed by atoms with Gasteiger partial charge in [0.1, 0.15) is 17.5 Å². The second kappa shape index (κ2) is 8.74. The van der Waals surface area contributed by atoms with E-state index in [0.29, 0.717) is 33.5 Å². The van der Waals surface area contributed by atoms with Crippen LogP contribution >= 0.6 is 11.6 Å². The van der Waals surface area contributed by atoms with Gasteiger partial charge in [-0.15, -0.1) is 0 Å². The largest absolute Gasteiger partial charge is 0.497 e. The van der Waals surface area contributed by atoms with Gasteiger partial charge < -0.3 is 14.8 Å². The predicted molar refractivity (Wildman–Crippen MR) is 110 cm³/mol. The van der Waals surface area contributed by atoms with E-state index in [1.54, 1.807) is 56.5 Å². The molecule has 0 saturated carbocycles. The lowest BCUT2D eigenvalue weighted by Crippen LogP contribution is -2.34. The molecule has 2 aromatic carbocycles. The number of anilines is 1. The molecule has 0 bridgehead atoms. The molecule has 150 valence electrons. The number of carbonyl (C=O) groups is 1. The maximum atomic E-state index is 12.6. The number of hydrogen-bond donors (Lipinski definition) is 1. The van der Waals surface area contributed by atoms with Gasteiger partial charge in [-0.1, -0.05) is 11.6 Å². The van der Waals surface area contributed by atoms with Crippen LogP contribution in [0.15, 0.2) is 53.5 Å². The van der Waals surface area contributed by atoms with Gasteiger partial charge in [-0.2, -0.15) is 10.1 Å². The average molecular weight is 415 g/mol. The summed E-state index contributed by atoms with van der Waals surface area (Å²) in [6.45, 7) is 1.55. The number of methoxy groups -OCH3 is 2. The summed E-state index contributed by atoms with van der Waals surface area (Å²) in [6.07, 6.45) is 1.44. The molecule has 0 saturated heterocycles. The Balaban J connectivity index is 1.82. The lowest BCUT2D eigenvalue weighted by atomic mass is 10.1. The number of amides is 1. The standard InChI is InChI=1S/C20H19ClN4O4/c1-12(19(26)23-16-10-14(21)6-9-18(16)29-3)25-20(27)24-17(11-22-25)13-4-7-15(28-2)8-5-13/h4-12H,1-3H3,(H,23,26)/t12-/m0/s1. The second-order valence-corrected chi connectivity index (χ2v) is 6.54. The summed E-state index contributed by atoms with van der Waals surface area (Å²) in [5.41, 5.74) is 0.869. The molecular formula is C20H19ClN4O4. The van der Waals surface area contributed by atoms with Gasteiger partial charge in [0.25, 0.3) is 0 Å². The minimum absolute atomic E-state index is 0.396. The van der Waals surface area contributed by atoms with Gasteiger partial charge in [0.15, 0.2) is 0 Å². The zero-order valence-corrected chi connectivity index (χ0v) is 16.8. The van der Waals surface area contributed by atoms with Crippen molar-refractivity contribution in [2.75, 3.05) is 19.5 Å². The monoisotopic (exact) mass is 414 g/mol. The highest BCUT2D eigenvalue weighted by atomic mass is 35.5. The summed E-state index contributed by atoms with van der Waals surface area (Å²) in [7, 11) is 3.05. The van der Waals surface area contributed by atoms with E-state index in [0.717, 1.165) is 4.68 Å². The summed E-state index contributed by atoms with van der Waals surface area (Å²) < 4.78 is 11.3. The summed E-state index contributed by atoms with van der Waals surface area (Å²) in [4.78, 5) is 29.1. The van der Waals surface area contributed by atoms with Crippen LogP contribution in [0.3, 0.4) is 0 Å². The molecule has 8 nitrogen and oxygen atoms in total. The van der Waals surface area contributed by atoms with E-state index in [4.69, 9.17) is 21.1 Å². The van der Waals surface area contributed by atoms with Gasteiger partial charge in [-0.05, 0) is 49.4 Å². The fourth-order valence-electron chi connectivity index (χ4n) is 2.64. The van der Waals surface area contributed by atoms with Crippen molar-refractivity contribution in [1.29, 1.82) is 0 Å². The molecule has 1 N–H and O–H groups in total. The van der Waals surface area contributed by atoms with Crippen LogP contribution in [0.1, 0.15) is 13.0 Å². The highest BCUT2D eigenvalue weighted by Crippen LogP contribution is 2.28. The molecule has 0 aliphatic carbocycles. The van der Waals surface area contributed by atoms with Crippen molar-refractivity contribution in [3.8, 4) is 22.8 Å². The van der Waals surface area contributed by atoms with Crippen molar-refractivity contribution < 1.29 is 14.3 Å². The quantitative estimate of drug-likeness (QED) is 0.665. The Morgan fingerprint density at radius 2 is 1.86 bits per heavy atom. The van der Waals surface area contributed by atoms with Crippen molar-refractivity contribution in [3.63, 3.8) is 0 Å². The van der Waals surface area contributed by atoms with Crippen molar-refractivity contribution in [1.82, 2.24) is 14.8 Å². The van der Waals surface area contributed by atoms with E-state index in [-0.39, 0.29) is 0 Å². The Hall–Kier alpha value is -3.39. The lowest BCUT2D eigenvalue weighted by Gasteiger charge is -2.15. The number of ether oxygens (including phenoxy) is 2. The fourth-order valence-corrected chi connectivity index (χ4v) is 2.81. The molecule has 0 spiro atoms. The van der Waals surface area contributed by atoms with Crippen LogP contribution in [0.25, 0.3) is 11.3 Å². The van der Waals surface area contributed by atoms with E-state index in [2.05, 4.69) is 15.4 Å². The van der Waals surface area contributed by atoms with Gasteiger partial charge in [0.05, 0.1) is 31.8 Å². The third-order valence-electron chi connectivity index (χ3n) is 4.27. The first-order valence-electron chi connectivity index (χ1n) is 8.67. The first-order valence-corrected chi connectivity index (χ1v) is 9.05. The summed E-state index contributed by atoms with van der Waals surface area (Å²) >= 11 is 5.98. The number of nitrogens with zero attached hydrogens (tertiary/aromatic N) is 3. The van der Waals surface area contributed by atoms with Crippen LogP contribution in [0, 0.1) is 0 Å². The van der Waals surface area contributed by atoms with Gasteiger partial charge in [0, 0.05) is 10.6 Å². The number of halogens is 1. The Bertz CT molecular complexity index is 1080. The third kappa shape index (κ3) is 4.55. The number of aromatic nitrogens is 3. The first kappa shape index (κ1) is 20.3. The maximum absolute atomic E-state index is 12.6. The van der Waals surface area contributed by atoms with E-state index >= 15 is 0 Å². The highest BCUT2D eigenvalue weighted by molar-refractivity contribution is 6.31. The minimum Gasteiger partial charge on any atom is -0.497 e. The molecule has 1 aromatic heterocycles. The summed E-state index contributed by atoms with van der Waals surface area (Å²) in [5, 5.41) is 7.25. The number of hydrogen-bond acceptors (Lipinski definition) is 6. The molecule has 0 aliphatic rings. The maximum Gasteiger partial charge on any atom is 0.365 e. The van der Waals surface area contributed by atoms with Crippen LogP contribution in [0.4, 0.5) is 5.69 Å². The number of benzene rings is 2. The van der Waals surface area contributed by atoms with Crippen LogP contribution in [-0.4, -0.2) is 34.9 Å². The molecule has 3 rings (SSSR count). The molecular weight excluding hydrogens is 396 g/mol. The van der Waals surface area contributed by atoms with Crippen molar-refractivity contribution in [2.45, 2.75) is 13.0 Å². The van der Waals surface area contributed by atoms with Gasteiger partial charge >= 0.3 is 5.69 Å². The Morgan fingerprint density at radius 1 is 1.14 bits per heavy atom. The minimum atomic E-state index is -0.899. The number of nitrogens with one attached hydrogen (secondary N) is 1. The van der Waals surface area contributed by atoms with E-state index in [1.807, 2.05) is 0 Å². The zero-order chi connectivity index (χ0) is 21.0. The Kier molecular flexibility index (Phi) is 6.13.